The second-order valence-corrected chi connectivity index (χ2v) is 6.26. The zero-order chi connectivity index (χ0) is 16.4. The molecule has 0 radical (unpaired) electrons. The number of aliphatic hydroxyl groups is 1. The minimum absolute atomic E-state index is 0.0229. The molecular weight excluding hydrogens is 288 g/mol. The van der Waals surface area contributed by atoms with Crippen molar-refractivity contribution in [1.82, 2.24) is 5.32 Å². The molecule has 1 aliphatic heterocycles. The van der Waals surface area contributed by atoms with Crippen LogP contribution in [0, 0.1) is 6.92 Å². The van der Waals surface area contributed by atoms with Gasteiger partial charge in [-0.15, -0.1) is 0 Å². The van der Waals surface area contributed by atoms with Crippen molar-refractivity contribution in [3.8, 4) is 0 Å². The first-order valence-electron chi connectivity index (χ1n) is 7.92. The zero-order valence-electron chi connectivity index (χ0n) is 13.3. The van der Waals surface area contributed by atoms with Crippen LogP contribution in [-0.2, 0) is 19.4 Å². The van der Waals surface area contributed by atoms with Crippen LogP contribution in [0.2, 0.25) is 0 Å². The number of rotatable bonds is 4. The second-order valence-electron chi connectivity index (χ2n) is 6.26. The van der Waals surface area contributed by atoms with E-state index < -0.39 is 12.0 Å². The number of carbonyl (C=O) groups excluding carboxylic acids is 1. The Morgan fingerprint density at radius 2 is 2.09 bits per heavy atom. The number of nitrogens with one attached hydrogen (secondary N) is 1. The van der Waals surface area contributed by atoms with Crippen LogP contribution in [0.4, 0.5) is 0 Å². The van der Waals surface area contributed by atoms with Crippen LogP contribution >= 0.6 is 0 Å². The van der Waals surface area contributed by atoms with E-state index >= 15 is 0 Å². The molecule has 23 heavy (non-hydrogen) atoms. The Bertz CT molecular complexity index is 727. The molecule has 1 heterocycles. The smallest absolute Gasteiger partial charge is 0.248 e. The summed E-state index contributed by atoms with van der Waals surface area (Å²) in [5.74, 6) is -0.453. The molecule has 0 unspecified atom stereocenters. The SMILES string of the molecule is Cc1ccc2c(c1)C[C@@H]([C@H](O)Cc1ccccc1C(N)=O)NC2. The van der Waals surface area contributed by atoms with Gasteiger partial charge in [0, 0.05) is 24.6 Å². The minimum Gasteiger partial charge on any atom is -0.391 e. The molecule has 0 fully saturated rings. The van der Waals surface area contributed by atoms with Crippen LogP contribution in [0.3, 0.4) is 0 Å². The molecule has 0 aliphatic carbocycles. The van der Waals surface area contributed by atoms with Gasteiger partial charge in [-0.3, -0.25) is 4.79 Å². The van der Waals surface area contributed by atoms with E-state index in [1.807, 2.05) is 12.1 Å². The molecule has 4 nitrogen and oxygen atoms in total. The van der Waals surface area contributed by atoms with Crippen LogP contribution in [0.5, 0.6) is 0 Å². The quantitative estimate of drug-likeness (QED) is 0.805. The van der Waals surface area contributed by atoms with E-state index in [1.54, 1.807) is 12.1 Å². The van der Waals surface area contributed by atoms with Crippen molar-refractivity contribution in [2.45, 2.75) is 38.5 Å². The normalized spacial score (nSPS) is 18.3. The fourth-order valence-electron chi connectivity index (χ4n) is 3.25. The summed E-state index contributed by atoms with van der Waals surface area (Å²) in [4.78, 5) is 11.5. The molecule has 0 saturated heterocycles. The summed E-state index contributed by atoms with van der Waals surface area (Å²) in [6.45, 7) is 2.84. The van der Waals surface area contributed by atoms with E-state index in [4.69, 9.17) is 5.73 Å². The van der Waals surface area contributed by atoms with Gasteiger partial charge in [0.1, 0.15) is 0 Å². The highest BCUT2D eigenvalue weighted by Crippen LogP contribution is 2.21. The molecule has 2 aromatic rings. The van der Waals surface area contributed by atoms with Crippen molar-refractivity contribution in [3.05, 3.63) is 70.3 Å². The molecule has 0 spiro atoms. The van der Waals surface area contributed by atoms with E-state index in [0.29, 0.717) is 12.0 Å². The van der Waals surface area contributed by atoms with Crippen LogP contribution < -0.4 is 11.1 Å². The van der Waals surface area contributed by atoms with Crippen LogP contribution in [0.25, 0.3) is 0 Å². The number of aliphatic hydroxyl groups excluding tert-OH is 1. The van der Waals surface area contributed by atoms with Crippen molar-refractivity contribution in [2.24, 2.45) is 5.73 Å². The van der Waals surface area contributed by atoms with E-state index in [-0.39, 0.29) is 6.04 Å². The molecule has 1 amide bonds. The number of hydrogen-bond acceptors (Lipinski definition) is 3. The summed E-state index contributed by atoms with van der Waals surface area (Å²) in [7, 11) is 0. The number of hydrogen-bond donors (Lipinski definition) is 3. The molecule has 0 bridgehead atoms. The van der Waals surface area contributed by atoms with Crippen molar-refractivity contribution in [2.75, 3.05) is 0 Å². The maximum atomic E-state index is 11.5. The van der Waals surface area contributed by atoms with Crippen molar-refractivity contribution < 1.29 is 9.90 Å². The van der Waals surface area contributed by atoms with Crippen molar-refractivity contribution >= 4 is 5.91 Å². The molecule has 3 rings (SSSR count). The molecule has 0 aromatic heterocycles. The molecule has 4 heteroatoms. The monoisotopic (exact) mass is 310 g/mol. The molecule has 2 aromatic carbocycles. The summed E-state index contributed by atoms with van der Waals surface area (Å²) >= 11 is 0. The van der Waals surface area contributed by atoms with E-state index in [0.717, 1.165) is 18.5 Å². The third kappa shape index (κ3) is 3.44. The first kappa shape index (κ1) is 15.7. The molecule has 0 saturated carbocycles. The number of nitrogens with two attached hydrogens (primary N) is 1. The average molecular weight is 310 g/mol. The van der Waals surface area contributed by atoms with Gasteiger partial charge < -0.3 is 16.2 Å². The zero-order valence-corrected chi connectivity index (χ0v) is 13.3. The molecule has 2 atom stereocenters. The number of amides is 1. The Morgan fingerprint density at radius 1 is 1.30 bits per heavy atom. The van der Waals surface area contributed by atoms with E-state index in [1.165, 1.54) is 16.7 Å². The van der Waals surface area contributed by atoms with Crippen molar-refractivity contribution in [3.63, 3.8) is 0 Å². The number of carbonyl (C=O) groups is 1. The Balaban J connectivity index is 1.75. The third-order valence-electron chi connectivity index (χ3n) is 4.53. The standard InChI is InChI=1S/C19H22N2O2/c1-12-6-7-14-11-21-17(9-15(14)8-12)18(22)10-13-4-2-3-5-16(13)19(20)23/h2-8,17-18,21-22H,9-11H2,1H3,(H2,20,23)/t17-,18+/m0/s1. The number of fused-ring (bicyclic) bond motifs is 1. The van der Waals surface area contributed by atoms with Gasteiger partial charge in [0.15, 0.2) is 0 Å². The van der Waals surface area contributed by atoms with Gasteiger partial charge in [-0.05, 0) is 36.1 Å². The molecule has 120 valence electrons. The number of aryl methyl sites for hydroxylation is 1. The largest absolute Gasteiger partial charge is 0.391 e. The maximum Gasteiger partial charge on any atom is 0.248 e. The average Bonchev–Trinajstić information content (AvgIpc) is 2.54. The minimum atomic E-state index is -0.566. The van der Waals surface area contributed by atoms with Gasteiger partial charge in [0.2, 0.25) is 5.91 Å². The van der Waals surface area contributed by atoms with E-state index in [9.17, 15) is 9.90 Å². The number of benzene rings is 2. The first-order chi connectivity index (χ1) is 11.0. The Kier molecular flexibility index (Phi) is 4.46. The first-order valence-corrected chi connectivity index (χ1v) is 7.92. The summed E-state index contributed by atoms with van der Waals surface area (Å²) in [5.41, 5.74) is 10.5. The fourth-order valence-corrected chi connectivity index (χ4v) is 3.25. The van der Waals surface area contributed by atoms with Gasteiger partial charge in [-0.1, -0.05) is 42.0 Å². The van der Waals surface area contributed by atoms with Gasteiger partial charge in [0.25, 0.3) is 0 Å². The predicted octanol–water partition coefficient (Wildman–Crippen LogP) is 1.71. The Labute approximate surface area is 136 Å². The second kappa shape index (κ2) is 6.52. The highest BCUT2D eigenvalue weighted by atomic mass is 16.3. The fraction of sp³-hybridized carbons (Fsp3) is 0.316. The maximum absolute atomic E-state index is 11.5. The van der Waals surface area contributed by atoms with Crippen LogP contribution in [0.15, 0.2) is 42.5 Å². The number of primary amides is 1. The lowest BCUT2D eigenvalue weighted by Crippen LogP contribution is -2.45. The highest BCUT2D eigenvalue weighted by molar-refractivity contribution is 5.94. The van der Waals surface area contributed by atoms with Crippen LogP contribution in [-0.4, -0.2) is 23.2 Å². The molecule has 1 aliphatic rings. The van der Waals surface area contributed by atoms with Gasteiger partial charge in [0.05, 0.1) is 6.10 Å². The molecular formula is C19H22N2O2. The molecule has 4 N–H and O–H groups in total. The Hall–Kier alpha value is -2.17. The summed E-state index contributed by atoms with van der Waals surface area (Å²) < 4.78 is 0. The third-order valence-corrected chi connectivity index (χ3v) is 4.53. The van der Waals surface area contributed by atoms with Gasteiger partial charge in [-0.2, -0.15) is 0 Å². The predicted molar refractivity (Wildman–Crippen MR) is 90.2 cm³/mol. The summed E-state index contributed by atoms with van der Waals surface area (Å²) in [6.07, 6.45) is 0.638. The van der Waals surface area contributed by atoms with Crippen LogP contribution in [0.1, 0.15) is 32.6 Å². The lowest BCUT2D eigenvalue weighted by atomic mass is 9.89. The van der Waals surface area contributed by atoms with E-state index in [2.05, 4.69) is 30.4 Å². The lowest BCUT2D eigenvalue weighted by molar-refractivity contribution is 0.0995. The topological polar surface area (TPSA) is 75.3 Å². The lowest BCUT2D eigenvalue weighted by Gasteiger charge is -2.30. The highest BCUT2D eigenvalue weighted by Gasteiger charge is 2.25. The van der Waals surface area contributed by atoms with Gasteiger partial charge >= 0.3 is 0 Å². The Morgan fingerprint density at radius 3 is 2.87 bits per heavy atom. The van der Waals surface area contributed by atoms with Crippen molar-refractivity contribution in [1.29, 1.82) is 0 Å². The van der Waals surface area contributed by atoms with Gasteiger partial charge in [-0.25, -0.2) is 0 Å². The summed E-state index contributed by atoms with van der Waals surface area (Å²) in [5, 5.41) is 14.0. The summed E-state index contributed by atoms with van der Waals surface area (Å²) in [6, 6.07) is 13.6.